The fourth-order valence-corrected chi connectivity index (χ4v) is 3.12. The summed E-state index contributed by atoms with van der Waals surface area (Å²) in [6.45, 7) is 11.5. The lowest BCUT2D eigenvalue weighted by molar-refractivity contribution is -0.384. The molecule has 1 aromatic rings. The summed E-state index contributed by atoms with van der Waals surface area (Å²) in [4.78, 5) is 21.1. The van der Waals surface area contributed by atoms with Crippen molar-refractivity contribution in [1.82, 2.24) is 0 Å². The maximum Gasteiger partial charge on any atom is 0.511 e. The number of aryl methyl sites for hydroxylation is 1. The maximum atomic E-state index is 10.9. The molecule has 0 unspecified atom stereocenters. The highest BCUT2D eigenvalue weighted by Gasteiger charge is 2.36. The van der Waals surface area contributed by atoms with Crippen LogP contribution in [0.3, 0.4) is 0 Å². The number of rotatable bonds is 8. The highest BCUT2D eigenvalue weighted by atomic mass is 28.4. The van der Waals surface area contributed by atoms with Crippen LogP contribution in [0.25, 0.3) is 0 Å². The van der Waals surface area contributed by atoms with E-state index >= 15 is 0 Å². The highest BCUT2D eigenvalue weighted by molar-refractivity contribution is 6.74. The van der Waals surface area contributed by atoms with Crippen molar-refractivity contribution < 1.29 is 24.0 Å². The van der Waals surface area contributed by atoms with E-state index in [2.05, 4.69) is 33.9 Å². The summed E-state index contributed by atoms with van der Waals surface area (Å²) >= 11 is 0. The number of hydrogen-bond acceptors (Lipinski definition) is 5. The van der Waals surface area contributed by atoms with Gasteiger partial charge >= 0.3 is 6.16 Å². The molecular formula is C17H27NO6Si. The summed E-state index contributed by atoms with van der Waals surface area (Å²) in [5.74, 6) is 0.142. The van der Waals surface area contributed by atoms with Gasteiger partial charge in [-0.3, -0.25) is 10.1 Å². The van der Waals surface area contributed by atoms with Crippen molar-refractivity contribution in [3.8, 4) is 5.75 Å². The van der Waals surface area contributed by atoms with Crippen molar-refractivity contribution >= 4 is 20.2 Å². The summed E-state index contributed by atoms with van der Waals surface area (Å²) in [6.07, 6.45) is 0.579. The number of ether oxygens (including phenoxy) is 1. The summed E-state index contributed by atoms with van der Waals surface area (Å²) < 4.78 is 10.8. The number of nitro benzene ring substituents is 1. The van der Waals surface area contributed by atoms with Crippen LogP contribution < -0.4 is 4.74 Å². The number of benzene rings is 1. The molecule has 8 heteroatoms. The third kappa shape index (κ3) is 6.47. The van der Waals surface area contributed by atoms with Gasteiger partial charge < -0.3 is 14.3 Å². The Morgan fingerprint density at radius 3 is 2.44 bits per heavy atom. The van der Waals surface area contributed by atoms with Crippen LogP contribution in [-0.4, -0.2) is 31.1 Å². The molecule has 0 heterocycles. The lowest BCUT2D eigenvalue weighted by atomic mass is 10.1. The monoisotopic (exact) mass is 369 g/mol. The van der Waals surface area contributed by atoms with Gasteiger partial charge in [-0.2, -0.15) is 0 Å². The molecular weight excluding hydrogens is 342 g/mol. The van der Waals surface area contributed by atoms with Crippen LogP contribution in [0, 0.1) is 10.1 Å². The zero-order valence-electron chi connectivity index (χ0n) is 15.5. The number of carbonyl (C=O) groups is 1. The Balaban J connectivity index is 2.65. The van der Waals surface area contributed by atoms with Crippen molar-refractivity contribution in [3.05, 3.63) is 33.9 Å². The van der Waals surface area contributed by atoms with E-state index in [1.807, 2.05) is 0 Å². The molecule has 25 heavy (non-hydrogen) atoms. The maximum absolute atomic E-state index is 10.9. The normalized spacial score (nSPS) is 12.0. The fraction of sp³-hybridized carbons (Fsp3) is 0.588. The largest absolute Gasteiger partial charge is 0.511 e. The minimum absolute atomic E-state index is 0.0785. The molecule has 140 valence electrons. The first-order valence-electron chi connectivity index (χ1n) is 8.26. The minimum atomic E-state index is -1.78. The molecule has 0 spiro atoms. The average molecular weight is 369 g/mol. The Hall–Kier alpha value is -1.93. The van der Waals surface area contributed by atoms with Crippen molar-refractivity contribution in [2.75, 3.05) is 6.61 Å². The lowest BCUT2D eigenvalue weighted by Gasteiger charge is -2.36. The first kappa shape index (κ1) is 21.1. The highest BCUT2D eigenvalue weighted by Crippen LogP contribution is 2.36. The Bertz CT molecular complexity index is 624. The van der Waals surface area contributed by atoms with E-state index in [1.54, 1.807) is 0 Å². The van der Waals surface area contributed by atoms with Gasteiger partial charge in [0.1, 0.15) is 5.75 Å². The molecule has 0 amide bonds. The lowest BCUT2D eigenvalue weighted by Crippen LogP contribution is -2.40. The fourth-order valence-electron chi connectivity index (χ4n) is 2.03. The van der Waals surface area contributed by atoms with Crippen LogP contribution in [0.15, 0.2) is 18.2 Å². The topological polar surface area (TPSA) is 98.9 Å². The molecule has 1 aromatic carbocycles. The van der Waals surface area contributed by atoms with Gasteiger partial charge in [-0.15, -0.1) is 0 Å². The van der Waals surface area contributed by atoms with E-state index in [9.17, 15) is 14.9 Å². The van der Waals surface area contributed by atoms with Gasteiger partial charge in [0.2, 0.25) is 0 Å². The Labute approximate surface area is 149 Å². The predicted octanol–water partition coefficient (Wildman–Crippen LogP) is 5.00. The van der Waals surface area contributed by atoms with E-state index in [0.717, 1.165) is 12.8 Å². The zero-order chi connectivity index (χ0) is 19.3. The van der Waals surface area contributed by atoms with E-state index in [0.29, 0.717) is 18.6 Å². The number of carboxylic acid groups (broad SMARTS) is 1. The molecule has 0 aliphatic carbocycles. The average Bonchev–Trinajstić information content (AvgIpc) is 2.46. The third-order valence-electron chi connectivity index (χ3n) is 4.56. The molecule has 1 N–H and O–H groups in total. The molecule has 0 fully saturated rings. The number of unbranched alkanes of at least 4 members (excludes halogenated alkanes) is 1. The second-order valence-corrected chi connectivity index (χ2v) is 12.3. The van der Waals surface area contributed by atoms with Crippen LogP contribution >= 0.6 is 0 Å². The summed E-state index contributed by atoms with van der Waals surface area (Å²) in [6, 6.07) is 3.93. The first-order valence-corrected chi connectivity index (χ1v) is 11.2. The molecule has 0 aromatic heterocycles. The smallest absolute Gasteiger partial charge is 0.449 e. The Kier molecular flexibility index (Phi) is 7.13. The third-order valence-corrected chi connectivity index (χ3v) is 9.10. The molecule has 0 aliphatic rings. The number of hydrogen-bond donors (Lipinski definition) is 1. The Morgan fingerprint density at radius 2 is 1.92 bits per heavy atom. The van der Waals surface area contributed by atoms with Gasteiger partial charge in [0, 0.05) is 24.3 Å². The van der Waals surface area contributed by atoms with Crippen LogP contribution in [0.5, 0.6) is 5.75 Å². The molecule has 7 nitrogen and oxygen atoms in total. The second kappa shape index (κ2) is 8.44. The molecule has 0 radical (unpaired) electrons. The predicted molar refractivity (Wildman–Crippen MR) is 97.8 cm³/mol. The van der Waals surface area contributed by atoms with E-state index in [4.69, 9.17) is 14.3 Å². The quantitative estimate of drug-likeness (QED) is 0.173. The number of nitrogens with zero attached hydrogens (tertiary/aromatic N) is 1. The van der Waals surface area contributed by atoms with Gasteiger partial charge in [0.25, 0.3) is 5.69 Å². The van der Waals surface area contributed by atoms with Gasteiger partial charge in [-0.05, 0) is 43.5 Å². The minimum Gasteiger partial charge on any atom is -0.449 e. The second-order valence-electron chi connectivity index (χ2n) is 7.48. The number of non-ortho nitro benzene ring substituents is 1. The molecule has 0 aliphatic heterocycles. The van der Waals surface area contributed by atoms with Crippen LogP contribution in [-0.2, 0) is 10.8 Å². The summed E-state index contributed by atoms with van der Waals surface area (Å²) in [5.41, 5.74) is 0.439. The van der Waals surface area contributed by atoms with E-state index < -0.39 is 19.4 Å². The van der Waals surface area contributed by atoms with Gasteiger partial charge in [-0.1, -0.05) is 20.8 Å². The van der Waals surface area contributed by atoms with Crippen molar-refractivity contribution in [1.29, 1.82) is 0 Å². The van der Waals surface area contributed by atoms with Crippen molar-refractivity contribution in [2.45, 2.75) is 58.2 Å². The van der Waals surface area contributed by atoms with Crippen LogP contribution in [0.2, 0.25) is 18.1 Å². The molecule has 0 saturated heterocycles. The van der Waals surface area contributed by atoms with Crippen LogP contribution in [0.4, 0.5) is 10.5 Å². The van der Waals surface area contributed by atoms with Gasteiger partial charge in [-0.25, -0.2) is 4.79 Å². The zero-order valence-corrected chi connectivity index (χ0v) is 16.5. The van der Waals surface area contributed by atoms with E-state index in [1.165, 1.54) is 18.2 Å². The number of nitro groups is 1. The molecule has 1 rings (SSSR count). The van der Waals surface area contributed by atoms with Crippen LogP contribution in [0.1, 0.15) is 39.2 Å². The molecule has 0 bridgehead atoms. The Morgan fingerprint density at radius 1 is 1.28 bits per heavy atom. The van der Waals surface area contributed by atoms with Gasteiger partial charge in [0.05, 0.1) is 4.92 Å². The summed E-state index contributed by atoms with van der Waals surface area (Å²) in [5, 5.41) is 19.8. The summed E-state index contributed by atoms with van der Waals surface area (Å²) in [7, 11) is -1.78. The molecule has 0 saturated carbocycles. The van der Waals surface area contributed by atoms with Gasteiger partial charge in [0.15, 0.2) is 8.32 Å². The van der Waals surface area contributed by atoms with Crippen molar-refractivity contribution in [2.24, 2.45) is 0 Å². The van der Waals surface area contributed by atoms with Crippen molar-refractivity contribution in [3.63, 3.8) is 0 Å². The first-order chi connectivity index (χ1) is 11.4. The van der Waals surface area contributed by atoms with E-state index in [-0.39, 0.29) is 16.5 Å². The molecule has 0 atom stereocenters. The standard InChI is InChI=1S/C17H27NO6Si/c1-17(2,3)25(4,5)23-11-7-6-8-13-12-14(18(21)22)9-10-15(13)24-16(19)20/h9-10,12H,6-8,11H2,1-5H3,(H,19,20). The SMILES string of the molecule is CC(C)(C)[Si](C)(C)OCCCCc1cc([N+](=O)[O-])ccc1OC(=O)O.